The fourth-order valence-electron chi connectivity index (χ4n) is 0.968. The van der Waals surface area contributed by atoms with Crippen molar-refractivity contribution in [2.24, 2.45) is 0 Å². The molecule has 0 bridgehead atoms. The highest BCUT2D eigenvalue weighted by Crippen LogP contribution is 2.23. The minimum Gasteiger partial charge on any atom is -0.248 e. The highest BCUT2D eigenvalue weighted by molar-refractivity contribution is 9.10. The lowest BCUT2D eigenvalue weighted by Crippen LogP contribution is -1.89. The van der Waals surface area contributed by atoms with Crippen LogP contribution in [0.5, 0.6) is 0 Å². The molecule has 0 aromatic carbocycles. The zero-order valence-corrected chi connectivity index (χ0v) is 10.4. The molecule has 0 unspecified atom stereocenters. The van der Waals surface area contributed by atoms with E-state index in [0.717, 1.165) is 9.50 Å². The summed E-state index contributed by atoms with van der Waals surface area (Å²) in [6, 6.07) is 7.29. The molecule has 2 aromatic heterocycles. The van der Waals surface area contributed by atoms with Gasteiger partial charge < -0.3 is 0 Å². The number of aromatic nitrogens is 3. The molecule has 0 spiro atoms. The van der Waals surface area contributed by atoms with Gasteiger partial charge in [-0.25, -0.2) is 15.0 Å². The second-order valence-corrected chi connectivity index (χ2v) is 4.66. The van der Waals surface area contributed by atoms with Gasteiger partial charge in [0.25, 0.3) is 0 Å². The summed E-state index contributed by atoms with van der Waals surface area (Å²) in [6.45, 7) is 0. The van der Waals surface area contributed by atoms with E-state index in [-0.39, 0.29) is 0 Å². The van der Waals surface area contributed by atoms with Crippen molar-refractivity contribution in [1.82, 2.24) is 15.0 Å². The third kappa shape index (κ3) is 2.78. The largest absolute Gasteiger partial charge is 0.248 e. The Morgan fingerprint density at radius 2 is 2.12 bits per heavy atom. The molecule has 4 nitrogen and oxygen atoms in total. The van der Waals surface area contributed by atoms with Crippen molar-refractivity contribution in [2.75, 3.05) is 0 Å². The Kier molecular flexibility index (Phi) is 3.49. The first-order valence-corrected chi connectivity index (χ1v) is 5.91. The van der Waals surface area contributed by atoms with Gasteiger partial charge >= 0.3 is 0 Å². The van der Waals surface area contributed by atoms with E-state index in [1.807, 2.05) is 18.2 Å². The normalized spacial score (nSPS) is 9.75. The average Bonchev–Trinajstić information content (AvgIpc) is 2.32. The Labute approximate surface area is 105 Å². The SMILES string of the molecule is N#Cc1ccnc(Sc2ccc(Br)cn2)n1. The van der Waals surface area contributed by atoms with Crippen molar-refractivity contribution >= 4 is 27.7 Å². The average molecular weight is 293 g/mol. The van der Waals surface area contributed by atoms with Gasteiger partial charge in [0.15, 0.2) is 5.16 Å². The molecule has 0 saturated heterocycles. The summed E-state index contributed by atoms with van der Waals surface area (Å²) in [5.41, 5.74) is 0.356. The predicted octanol–water partition coefficient (Wildman–Crippen LogP) is 2.66. The number of nitriles is 1. The van der Waals surface area contributed by atoms with Gasteiger partial charge in [0.05, 0.1) is 0 Å². The van der Waals surface area contributed by atoms with E-state index in [2.05, 4.69) is 30.9 Å². The minimum absolute atomic E-state index is 0.356. The van der Waals surface area contributed by atoms with E-state index in [1.54, 1.807) is 18.5 Å². The molecule has 78 valence electrons. The van der Waals surface area contributed by atoms with Crippen LogP contribution in [-0.2, 0) is 0 Å². The molecule has 0 saturated carbocycles. The van der Waals surface area contributed by atoms with Crippen LogP contribution < -0.4 is 0 Å². The van der Waals surface area contributed by atoms with Crippen LogP contribution in [0.4, 0.5) is 0 Å². The molecule has 0 atom stereocenters. The van der Waals surface area contributed by atoms with E-state index >= 15 is 0 Å². The van der Waals surface area contributed by atoms with Crippen molar-refractivity contribution in [3.63, 3.8) is 0 Å². The maximum absolute atomic E-state index is 8.69. The second-order valence-electron chi connectivity index (χ2n) is 2.75. The molecule has 0 amide bonds. The summed E-state index contributed by atoms with van der Waals surface area (Å²) in [5, 5.41) is 10.0. The monoisotopic (exact) mass is 292 g/mol. The third-order valence-electron chi connectivity index (χ3n) is 1.64. The molecule has 0 fully saturated rings. The molecule has 2 heterocycles. The van der Waals surface area contributed by atoms with E-state index in [0.29, 0.717) is 10.9 Å². The summed E-state index contributed by atoms with van der Waals surface area (Å²) in [5.74, 6) is 0. The maximum atomic E-state index is 8.69. The molecule has 2 aromatic rings. The van der Waals surface area contributed by atoms with Crippen molar-refractivity contribution in [1.29, 1.82) is 5.26 Å². The van der Waals surface area contributed by atoms with Crippen LogP contribution in [0.3, 0.4) is 0 Å². The minimum atomic E-state index is 0.356. The first-order chi connectivity index (χ1) is 7.78. The Bertz CT molecular complexity index is 535. The first-order valence-electron chi connectivity index (χ1n) is 4.30. The lowest BCUT2D eigenvalue weighted by molar-refractivity contribution is 0.946. The third-order valence-corrected chi connectivity index (χ3v) is 2.94. The van der Waals surface area contributed by atoms with Crippen molar-refractivity contribution < 1.29 is 0 Å². The molecule has 16 heavy (non-hydrogen) atoms. The highest BCUT2D eigenvalue weighted by Gasteiger charge is 2.02. The molecule has 0 radical (unpaired) electrons. The van der Waals surface area contributed by atoms with Crippen LogP contribution in [0.25, 0.3) is 0 Å². The summed E-state index contributed by atoms with van der Waals surface area (Å²) in [6.07, 6.45) is 3.27. The summed E-state index contributed by atoms with van der Waals surface area (Å²) in [4.78, 5) is 12.3. The number of hydrogen-bond acceptors (Lipinski definition) is 5. The quantitative estimate of drug-likeness (QED) is 0.796. The van der Waals surface area contributed by atoms with Crippen LogP contribution in [0, 0.1) is 11.3 Å². The molecule has 0 aliphatic rings. The van der Waals surface area contributed by atoms with Crippen LogP contribution >= 0.6 is 27.7 Å². The van der Waals surface area contributed by atoms with Crippen LogP contribution in [0.15, 0.2) is 45.2 Å². The number of nitrogens with zero attached hydrogens (tertiary/aromatic N) is 4. The van der Waals surface area contributed by atoms with Crippen molar-refractivity contribution in [3.8, 4) is 6.07 Å². The van der Waals surface area contributed by atoms with Gasteiger partial charge in [-0.15, -0.1) is 0 Å². The van der Waals surface area contributed by atoms with Crippen LogP contribution in [0.2, 0.25) is 0 Å². The highest BCUT2D eigenvalue weighted by atomic mass is 79.9. The Morgan fingerprint density at radius 1 is 1.25 bits per heavy atom. The van der Waals surface area contributed by atoms with Crippen molar-refractivity contribution in [2.45, 2.75) is 10.2 Å². The summed E-state index contributed by atoms with van der Waals surface area (Å²) < 4.78 is 0.920. The fraction of sp³-hybridized carbons (Fsp3) is 0. The lowest BCUT2D eigenvalue weighted by atomic mass is 10.5. The number of hydrogen-bond donors (Lipinski definition) is 0. The number of rotatable bonds is 2. The van der Waals surface area contributed by atoms with Crippen molar-refractivity contribution in [3.05, 3.63) is 40.8 Å². The standard InChI is InChI=1S/C10H5BrN4S/c11-7-1-2-9(14-6-7)16-10-13-4-3-8(5-12)15-10/h1-4,6H. The fourth-order valence-corrected chi connectivity index (χ4v) is 1.89. The molecule has 0 N–H and O–H groups in total. The molecule has 6 heteroatoms. The smallest absolute Gasteiger partial charge is 0.195 e. The first kappa shape index (κ1) is 11.0. The van der Waals surface area contributed by atoms with Gasteiger partial charge in [-0.2, -0.15) is 5.26 Å². The maximum Gasteiger partial charge on any atom is 0.195 e. The van der Waals surface area contributed by atoms with E-state index in [1.165, 1.54) is 11.8 Å². The lowest BCUT2D eigenvalue weighted by Gasteiger charge is -1.98. The number of halogens is 1. The molecular formula is C10H5BrN4S. The van der Waals surface area contributed by atoms with Gasteiger partial charge in [-0.3, -0.25) is 0 Å². The molecule has 0 aliphatic heterocycles. The van der Waals surface area contributed by atoms with E-state index in [9.17, 15) is 0 Å². The molecule has 2 rings (SSSR count). The zero-order chi connectivity index (χ0) is 11.4. The molecular weight excluding hydrogens is 288 g/mol. The van der Waals surface area contributed by atoms with Gasteiger partial charge in [0, 0.05) is 16.9 Å². The summed E-state index contributed by atoms with van der Waals surface area (Å²) in [7, 11) is 0. The van der Waals surface area contributed by atoms with Gasteiger partial charge in [0.2, 0.25) is 0 Å². The van der Waals surface area contributed by atoms with Crippen LogP contribution in [0.1, 0.15) is 5.69 Å². The topological polar surface area (TPSA) is 62.5 Å². The Balaban J connectivity index is 2.21. The Morgan fingerprint density at radius 3 is 2.81 bits per heavy atom. The zero-order valence-electron chi connectivity index (χ0n) is 7.96. The van der Waals surface area contributed by atoms with Gasteiger partial charge in [-0.05, 0) is 45.9 Å². The predicted molar refractivity (Wildman–Crippen MR) is 62.8 cm³/mol. The van der Waals surface area contributed by atoms with E-state index in [4.69, 9.17) is 5.26 Å². The van der Waals surface area contributed by atoms with Gasteiger partial charge in [0.1, 0.15) is 16.8 Å². The van der Waals surface area contributed by atoms with Crippen LogP contribution in [-0.4, -0.2) is 15.0 Å². The second kappa shape index (κ2) is 5.05. The van der Waals surface area contributed by atoms with E-state index < -0.39 is 0 Å². The molecule has 0 aliphatic carbocycles. The summed E-state index contributed by atoms with van der Waals surface area (Å²) >= 11 is 4.63. The number of pyridine rings is 1. The Hall–Kier alpha value is -1.45. The van der Waals surface area contributed by atoms with Gasteiger partial charge in [-0.1, -0.05) is 0 Å².